The Morgan fingerprint density at radius 1 is 0.739 bits per heavy atom. The third-order valence-corrected chi connectivity index (χ3v) is 3.20. The van der Waals surface area contributed by atoms with E-state index in [1.54, 1.807) is 12.4 Å². The lowest BCUT2D eigenvalue weighted by Gasteiger charge is -2.23. The molecule has 3 heterocycles. The molecule has 3 aromatic heterocycles. The predicted molar refractivity (Wildman–Crippen MR) is 94.1 cm³/mol. The molecule has 0 fully saturated rings. The first-order valence-corrected chi connectivity index (χ1v) is 7.64. The first-order valence-electron chi connectivity index (χ1n) is 7.64. The number of pyridine rings is 3. The van der Waals surface area contributed by atoms with Crippen LogP contribution in [0.1, 0.15) is 20.8 Å². The van der Waals surface area contributed by atoms with Crippen molar-refractivity contribution >= 4 is 5.69 Å². The van der Waals surface area contributed by atoms with Gasteiger partial charge in [-0.2, -0.15) is 0 Å². The van der Waals surface area contributed by atoms with Gasteiger partial charge in [-0.3, -0.25) is 9.97 Å². The minimum atomic E-state index is -0.0376. The van der Waals surface area contributed by atoms with Crippen molar-refractivity contribution in [1.82, 2.24) is 15.0 Å². The molecule has 0 bridgehead atoms. The maximum atomic E-state index is 4.74. The Bertz CT molecular complexity index is 720. The maximum Gasteiger partial charge on any atom is 0.0914 e. The summed E-state index contributed by atoms with van der Waals surface area (Å²) >= 11 is 0. The van der Waals surface area contributed by atoms with E-state index in [1.807, 2.05) is 48.5 Å². The number of hydrogen-bond donors (Lipinski definition) is 1. The summed E-state index contributed by atoms with van der Waals surface area (Å²) < 4.78 is 0. The second-order valence-corrected chi connectivity index (χ2v) is 6.43. The van der Waals surface area contributed by atoms with Crippen LogP contribution in [0.5, 0.6) is 0 Å². The van der Waals surface area contributed by atoms with Crippen LogP contribution in [-0.2, 0) is 0 Å². The number of nitrogens with one attached hydrogen (secondary N) is 1. The van der Waals surface area contributed by atoms with Crippen LogP contribution in [0, 0.1) is 0 Å². The number of nitrogens with zero attached hydrogens (tertiary/aromatic N) is 3. The number of hydrogen-bond acceptors (Lipinski definition) is 4. The van der Waals surface area contributed by atoms with Gasteiger partial charge in [0.1, 0.15) is 0 Å². The molecule has 0 saturated heterocycles. The molecule has 0 saturated carbocycles. The van der Waals surface area contributed by atoms with Gasteiger partial charge in [-0.1, -0.05) is 12.1 Å². The molecule has 4 heteroatoms. The largest absolute Gasteiger partial charge is 0.380 e. The van der Waals surface area contributed by atoms with Gasteiger partial charge in [0.15, 0.2) is 0 Å². The van der Waals surface area contributed by atoms with Crippen LogP contribution in [0.2, 0.25) is 0 Å². The van der Waals surface area contributed by atoms with Crippen molar-refractivity contribution in [3.05, 3.63) is 60.9 Å². The summed E-state index contributed by atoms with van der Waals surface area (Å²) in [6.45, 7) is 6.40. The van der Waals surface area contributed by atoms with Crippen molar-refractivity contribution in [2.75, 3.05) is 5.32 Å². The molecular weight excluding hydrogens is 284 g/mol. The smallest absolute Gasteiger partial charge is 0.0914 e. The van der Waals surface area contributed by atoms with Crippen molar-refractivity contribution in [1.29, 1.82) is 0 Å². The van der Waals surface area contributed by atoms with Gasteiger partial charge in [0.05, 0.1) is 22.8 Å². The molecule has 4 nitrogen and oxygen atoms in total. The van der Waals surface area contributed by atoms with Crippen LogP contribution >= 0.6 is 0 Å². The molecule has 0 aliphatic rings. The molecule has 0 aliphatic carbocycles. The minimum absolute atomic E-state index is 0.0376. The van der Waals surface area contributed by atoms with E-state index in [2.05, 4.69) is 36.1 Å². The quantitative estimate of drug-likeness (QED) is 0.778. The van der Waals surface area contributed by atoms with Crippen molar-refractivity contribution in [3.8, 4) is 22.8 Å². The Balaban J connectivity index is 2.11. The fraction of sp³-hybridized carbons (Fsp3) is 0.211. The van der Waals surface area contributed by atoms with Crippen molar-refractivity contribution in [2.45, 2.75) is 26.3 Å². The lowest BCUT2D eigenvalue weighted by atomic mass is 10.1. The minimum Gasteiger partial charge on any atom is -0.380 e. The molecule has 0 unspecified atom stereocenters. The highest BCUT2D eigenvalue weighted by Gasteiger charge is 2.13. The van der Waals surface area contributed by atoms with E-state index in [4.69, 9.17) is 4.98 Å². The highest BCUT2D eigenvalue weighted by atomic mass is 15.0. The van der Waals surface area contributed by atoms with Crippen LogP contribution < -0.4 is 5.32 Å². The Labute approximate surface area is 136 Å². The SMILES string of the molecule is CC(C)(C)Nc1cc(-c2ccccn2)nc(-c2ccccn2)c1. The topological polar surface area (TPSA) is 50.7 Å². The average molecular weight is 304 g/mol. The number of aromatic nitrogens is 3. The third-order valence-electron chi connectivity index (χ3n) is 3.20. The third kappa shape index (κ3) is 3.92. The van der Waals surface area contributed by atoms with Crippen LogP contribution in [0.25, 0.3) is 22.8 Å². The zero-order valence-corrected chi connectivity index (χ0v) is 13.6. The molecular formula is C19H20N4. The summed E-state index contributed by atoms with van der Waals surface area (Å²) in [5, 5.41) is 3.51. The van der Waals surface area contributed by atoms with E-state index < -0.39 is 0 Å². The summed E-state index contributed by atoms with van der Waals surface area (Å²) in [4.78, 5) is 13.6. The van der Waals surface area contributed by atoms with Gasteiger partial charge in [-0.15, -0.1) is 0 Å². The maximum absolute atomic E-state index is 4.74. The lowest BCUT2D eigenvalue weighted by molar-refractivity contribution is 0.634. The monoisotopic (exact) mass is 304 g/mol. The van der Waals surface area contributed by atoms with Crippen LogP contribution in [-0.4, -0.2) is 20.5 Å². The summed E-state index contributed by atoms with van der Waals surface area (Å²) in [7, 11) is 0. The van der Waals surface area contributed by atoms with Gasteiger partial charge < -0.3 is 5.32 Å². The normalized spacial score (nSPS) is 11.3. The lowest BCUT2D eigenvalue weighted by Crippen LogP contribution is -2.26. The highest BCUT2D eigenvalue weighted by Crippen LogP contribution is 2.26. The second-order valence-electron chi connectivity index (χ2n) is 6.43. The average Bonchev–Trinajstić information content (AvgIpc) is 2.55. The first kappa shape index (κ1) is 15.2. The van der Waals surface area contributed by atoms with Crippen LogP contribution in [0.15, 0.2) is 60.9 Å². The molecule has 0 radical (unpaired) electrons. The Morgan fingerprint density at radius 2 is 1.26 bits per heavy atom. The highest BCUT2D eigenvalue weighted by molar-refractivity contribution is 5.69. The molecule has 0 amide bonds. The van der Waals surface area contributed by atoms with E-state index in [0.717, 1.165) is 28.5 Å². The summed E-state index contributed by atoms with van der Waals surface area (Å²) in [5.41, 5.74) is 4.34. The zero-order valence-electron chi connectivity index (χ0n) is 13.6. The van der Waals surface area contributed by atoms with Crippen LogP contribution in [0.3, 0.4) is 0 Å². The molecule has 0 spiro atoms. The van der Waals surface area contributed by atoms with Crippen LogP contribution in [0.4, 0.5) is 5.69 Å². The van der Waals surface area contributed by atoms with Gasteiger partial charge in [-0.25, -0.2) is 4.98 Å². The van der Waals surface area contributed by atoms with E-state index in [0.29, 0.717) is 0 Å². The van der Waals surface area contributed by atoms with Crippen molar-refractivity contribution in [2.24, 2.45) is 0 Å². The number of rotatable bonds is 3. The van der Waals surface area contributed by atoms with Crippen molar-refractivity contribution in [3.63, 3.8) is 0 Å². The molecule has 23 heavy (non-hydrogen) atoms. The Hall–Kier alpha value is -2.75. The molecule has 3 aromatic rings. The summed E-state index contributed by atoms with van der Waals surface area (Å²) in [6.07, 6.45) is 3.56. The van der Waals surface area contributed by atoms with Gasteiger partial charge in [0, 0.05) is 23.6 Å². The van der Waals surface area contributed by atoms with Gasteiger partial charge in [-0.05, 0) is 57.2 Å². The molecule has 3 rings (SSSR count). The standard InChI is InChI=1S/C19H20N4/c1-19(2,3)23-14-12-17(15-8-4-6-10-20-15)22-18(13-14)16-9-5-7-11-21-16/h4-13H,1-3H3,(H,22,23). The van der Waals surface area contributed by atoms with Crippen molar-refractivity contribution < 1.29 is 0 Å². The van der Waals surface area contributed by atoms with E-state index >= 15 is 0 Å². The van der Waals surface area contributed by atoms with E-state index in [-0.39, 0.29) is 5.54 Å². The molecule has 1 N–H and O–H groups in total. The summed E-state index contributed by atoms with van der Waals surface area (Å²) in [6, 6.07) is 15.7. The first-order chi connectivity index (χ1) is 11.0. The van der Waals surface area contributed by atoms with E-state index in [1.165, 1.54) is 0 Å². The predicted octanol–water partition coefficient (Wildman–Crippen LogP) is 4.42. The molecule has 0 aliphatic heterocycles. The van der Waals surface area contributed by atoms with Gasteiger partial charge >= 0.3 is 0 Å². The fourth-order valence-electron chi connectivity index (χ4n) is 2.33. The number of anilines is 1. The van der Waals surface area contributed by atoms with Gasteiger partial charge in [0.25, 0.3) is 0 Å². The summed E-state index contributed by atoms with van der Waals surface area (Å²) in [5.74, 6) is 0. The van der Waals surface area contributed by atoms with Gasteiger partial charge in [0.2, 0.25) is 0 Å². The Morgan fingerprint density at radius 3 is 1.65 bits per heavy atom. The molecule has 116 valence electrons. The Kier molecular flexibility index (Phi) is 4.06. The fourth-order valence-corrected chi connectivity index (χ4v) is 2.33. The second kappa shape index (κ2) is 6.16. The zero-order chi connectivity index (χ0) is 16.3. The van der Waals surface area contributed by atoms with E-state index in [9.17, 15) is 0 Å². The molecule has 0 atom stereocenters. The molecule has 0 aromatic carbocycles.